The molecule has 1 amide bonds. The smallest absolute Gasteiger partial charge is 0.410 e. The maximum absolute atomic E-state index is 12.1. The fraction of sp³-hybridized carbons (Fsp3) is 0.875. The molecule has 0 aromatic heterocycles. The minimum Gasteiger partial charge on any atom is -0.481 e. The van der Waals surface area contributed by atoms with E-state index in [-0.39, 0.29) is 12.5 Å². The molecule has 0 bridgehead atoms. The van der Waals surface area contributed by atoms with Crippen LogP contribution in [0.5, 0.6) is 0 Å². The molecular formula is C16H29N3O4. The Kier molecular flexibility index (Phi) is 5.20. The number of likely N-dealkylation sites (tertiary alicyclic amines) is 1. The van der Waals surface area contributed by atoms with E-state index >= 15 is 0 Å². The van der Waals surface area contributed by atoms with Crippen LogP contribution in [-0.4, -0.2) is 77.4 Å². The van der Waals surface area contributed by atoms with Gasteiger partial charge in [0.1, 0.15) is 5.60 Å². The Balaban J connectivity index is 2.02. The SMILES string of the molecule is CN(C1CCNCC1)C1(CC(=O)O)CN(C(=O)OC(C)(C)C)C1. The Bertz CT molecular complexity index is 449. The number of piperidine rings is 1. The number of carboxylic acid groups (broad SMARTS) is 1. The molecule has 23 heavy (non-hydrogen) atoms. The Morgan fingerprint density at radius 1 is 1.30 bits per heavy atom. The van der Waals surface area contributed by atoms with E-state index in [1.807, 2.05) is 27.8 Å². The number of hydrogen-bond donors (Lipinski definition) is 2. The van der Waals surface area contributed by atoms with E-state index in [9.17, 15) is 14.7 Å². The fourth-order valence-electron chi connectivity index (χ4n) is 3.44. The van der Waals surface area contributed by atoms with E-state index in [4.69, 9.17) is 4.74 Å². The topological polar surface area (TPSA) is 82.1 Å². The number of carboxylic acids is 1. The number of carbonyl (C=O) groups excluding carboxylic acids is 1. The Morgan fingerprint density at radius 2 is 1.87 bits per heavy atom. The van der Waals surface area contributed by atoms with Crippen molar-refractivity contribution in [1.82, 2.24) is 15.1 Å². The van der Waals surface area contributed by atoms with Crippen LogP contribution in [0, 0.1) is 0 Å². The zero-order chi connectivity index (χ0) is 17.3. The van der Waals surface area contributed by atoms with Crippen LogP contribution in [0.15, 0.2) is 0 Å². The average molecular weight is 327 g/mol. The Hall–Kier alpha value is -1.34. The Labute approximate surface area is 138 Å². The zero-order valence-electron chi connectivity index (χ0n) is 14.6. The summed E-state index contributed by atoms with van der Waals surface area (Å²) in [6.45, 7) is 8.22. The predicted octanol–water partition coefficient (Wildman–Crippen LogP) is 1.13. The highest BCUT2D eigenvalue weighted by Crippen LogP contribution is 2.34. The maximum atomic E-state index is 12.1. The molecule has 0 aromatic carbocycles. The summed E-state index contributed by atoms with van der Waals surface area (Å²) in [6.07, 6.45) is 1.69. The molecule has 2 aliphatic rings. The van der Waals surface area contributed by atoms with Gasteiger partial charge in [-0.05, 0) is 53.8 Å². The van der Waals surface area contributed by atoms with Gasteiger partial charge >= 0.3 is 12.1 Å². The summed E-state index contributed by atoms with van der Waals surface area (Å²) in [6, 6.07) is 0.358. The lowest BCUT2D eigenvalue weighted by molar-refractivity contribution is -0.146. The summed E-state index contributed by atoms with van der Waals surface area (Å²) < 4.78 is 5.38. The van der Waals surface area contributed by atoms with Crippen molar-refractivity contribution in [3.63, 3.8) is 0 Å². The van der Waals surface area contributed by atoms with Crippen molar-refractivity contribution < 1.29 is 19.4 Å². The van der Waals surface area contributed by atoms with Crippen LogP contribution < -0.4 is 5.32 Å². The number of nitrogens with one attached hydrogen (secondary N) is 1. The molecule has 2 aliphatic heterocycles. The molecule has 2 saturated heterocycles. The molecule has 2 rings (SSSR count). The van der Waals surface area contributed by atoms with Gasteiger partial charge < -0.3 is 20.1 Å². The van der Waals surface area contributed by atoms with Crippen LogP contribution in [0.3, 0.4) is 0 Å². The summed E-state index contributed by atoms with van der Waals surface area (Å²) in [7, 11) is 1.99. The van der Waals surface area contributed by atoms with Crippen molar-refractivity contribution in [2.24, 2.45) is 0 Å². The summed E-state index contributed by atoms with van der Waals surface area (Å²) in [4.78, 5) is 27.3. The average Bonchev–Trinajstić information content (AvgIpc) is 2.40. The van der Waals surface area contributed by atoms with Crippen molar-refractivity contribution in [3.8, 4) is 0 Å². The lowest BCUT2D eigenvalue weighted by Gasteiger charge is -2.56. The molecule has 132 valence electrons. The highest BCUT2D eigenvalue weighted by molar-refractivity contribution is 5.73. The third-order valence-corrected chi connectivity index (χ3v) is 4.71. The normalized spacial score (nSPS) is 21.9. The number of likely N-dealkylation sites (N-methyl/N-ethyl adjacent to an activating group) is 1. The van der Waals surface area contributed by atoms with Gasteiger partial charge in [-0.15, -0.1) is 0 Å². The second-order valence-electron chi connectivity index (χ2n) is 7.72. The molecule has 0 radical (unpaired) electrons. The summed E-state index contributed by atoms with van der Waals surface area (Å²) in [5.74, 6) is -0.824. The standard InChI is InChI=1S/C16H29N3O4/c1-15(2,3)23-14(22)19-10-16(11-19,9-13(20)21)18(4)12-5-7-17-8-6-12/h12,17H,5-11H2,1-4H3,(H,20,21). The molecule has 2 heterocycles. The molecule has 7 nitrogen and oxygen atoms in total. The molecule has 0 aromatic rings. The lowest BCUT2D eigenvalue weighted by atomic mass is 9.82. The zero-order valence-corrected chi connectivity index (χ0v) is 14.6. The maximum Gasteiger partial charge on any atom is 0.410 e. The molecular weight excluding hydrogens is 298 g/mol. The van der Waals surface area contributed by atoms with Gasteiger partial charge in [0.15, 0.2) is 0 Å². The van der Waals surface area contributed by atoms with E-state index in [1.54, 1.807) is 4.90 Å². The summed E-state index contributed by atoms with van der Waals surface area (Å²) >= 11 is 0. The predicted molar refractivity (Wildman–Crippen MR) is 86.4 cm³/mol. The number of ether oxygens (including phenoxy) is 1. The van der Waals surface area contributed by atoms with E-state index in [2.05, 4.69) is 10.2 Å². The quantitative estimate of drug-likeness (QED) is 0.806. The molecule has 0 unspecified atom stereocenters. The Morgan fingerprint density at radius 3 is 2.35 bits per heavy atom. The summed E-state index contributed by atoms with van der Waals surface area (Å²) in [5.41, 5.74) is -1.02. The van der Waals surface area contributed by atoms with E-state index in [0.29, 0.717) is 19.1 Å². The van der Waals surface area contributed by atoms with E-state index in [1.165, 1.54) is 0 Å². The number of rotatable bonds is 4. The first-order valence-corrected chi connectivity index (χ1v) is 8.26. The van der Waals surface area contributed by atoms with Crippen molar-refractivity contribution in [2.45, 2.75) is 57.2 Å². The molecule has 0 atom stereocenters. The minimum absolute atomic E-state index is 0.0483. The number of nitrogens with zero attached hydrogens (tertiary/aromatic N) is 2. The number of aliphatic carboxylic acids is 1. The van der Waals surface area contributed by atoms with Crippen molar-refractivity contribution in [3.05, 3.63) is 0 Å². The van der Waals surface area contributed by atoms with Crippen LogP contribution >= 0.6 is 0 Å². The highest BCUT2D eigenvalue weighted by Gasteiger charge is 2.52. The van der Waals surface area contributed by atoms with Gasteiger partial charge in [-0.2, -0.15) is 0 Å². The highest BCUT2D eigenvalue weighted by atomic mass is 16.6. The van der Waals surface area contributed by atoms with Gasteiger partial charge in [0, 0.05) is 19.1 Å². The second-order valence-corrected chi connectivity index (χ2v) is 7.72. The van der Waals surface area contributed by atoms with Crippen LogP contribution in [0.25, 0.3) is 0 Å². The molecule has 2 N–H and O–H groups in total. The van der Waals surface area contributed by atoms with Gasteiger partial charge in [-0.3, -0.25) is 9.69 Å². The van der Waals surface area contributed by atoms with Crippen LogP contribution in [0.2, 0.25) is 0 Å². The molecule has 2 fully saturated rings. The van der Waals surface area contributed by atoms with Gasteiger partial charge in [0.05, 0.1) is 12.0 Å². The van der Waals surface area contributed by atoms with Crippen LogP contribution in [0.1, 0.15) is 40.0 Å². The van der Waals surface area contributed by atoms with Crippen molar-refractivity contribution in [1.29, 1.82) is 0 Å². The van der Waals surface area contributed by atoms with Gasteiger partial charge in [-0.1, -0.05) is 0 Å². The van der Waals surface area contributed by atoms with Gasteiger partial charge in [-0.25, -0.2) is 4.79 Å². The molecule has 0 spiro atoms. The van der Waals surface area contributed by atoms with Crippen molar-refractivity contribution >= 4 is 12.1 Å². The molecule has 0 aliphatic carbocycles. The number of hydrogen-bond acceptors (Lipinski definition) is 5. The first-order chi connectivity index (χ1) is 10.6. The van der Waals surface area contributed by atoms with Crippen LogP contribution in [-0.2, 0) is 9.53 Å². The lowest BCUT2D eigenvalue weighted by Crippen LogP contribution is -2.73. The van der Waals surface area contributed by atoms with Crippen molar-refractivity contribution in [2.75, 3.05) is 33.2 Å². The van der Waals surface area contributed by atoms with Gasteiger partial charge in [0.25, 0.3) is 0 Å². The fourth-order valence-corrected chi connectivity index (χ4v) is 3.44. The largest absolute Gasteiger partial charge is 0.481 e. The van der Waals surface area contributed by atoms with Gasteiger partial charge in [0.2, 0.25) is 0 Å². The number of amides is 1. The molecule has 7 heteroatoms. The first-order valence-electron chi connectivity index (χ1n) is 8.26. The number of carbonyl (C=O) groups is 2. The monoisotopic (exact) mass is 327 g/mol. The summed E-state index contributed by atoms with van der Waals surface area (Å²) in [5, 5.41) is 12.6. The van der Waals surface area contributed by atoms with E-state index in [0.717, 1.165) is 25.9 Å². The molecule has 0 saturated carbocycles. The van der Waals surface area contributed by atoms with Crippen LogP contribution in [0.4, 0.5) is 4.79 Å². The minimum atomic E-state index is -0.824. The first kappa shape index (κ1) is 18.0. The van der Waals surface area contributed by atoms with E-state index < -0.39 is 17.1 Å². The third-order valence-electron chi connectivity index (χ3n) is 4.71. The second kappa shape index (κ2) is 6.65. The third kappa shape index (κ3) is 4.35.